The second-order valence-electron chi connectivity index (χ2n) is 7.09. The zero-order valence-electron chi connectivity index (χ0n) is 14.3. The molecule has 1 aliphatic carbocycles. The van der Waals surface area contributed by atoms with Gasteiger partial charge >= 0.3 is 5.69 Å². The maximum Gasteiger partial charge on any atom is 0.345 e. The van der Waals surface area contributed by atoms with Crippen molar-refractivity contribution < 1.29 is 4.42 Å². The first-order valence-corrected chi connectivity index (χ1v) is 8.96. The van der Waals surface area contributed by atoms with Gasteiger partial charge in [0.1, 0.15) is 11.3 Å². The molecule has 3 heterocycles. The zero-order chi connectivity index (χ0) is 17.0. The molecule has 0 spiro atoms. The number of anilines is 1. The van der Waals surface area contributed by atoms with Crippen LogP contribution in [0.4, 0.5) is 6.01 Å². The minimum atomic E-state index is 0.0267. The van der Waals surface area contributed by atoms with Crippen molar-refractivity contribution in [3.63, 3.8) is 0 Å². The average Bonchev–Trinajstić information content (AvgIpc) is 3.30. The molecule has 2 aromatic heterocycles. The number of piperidine rings is 1. The molecule has 7 nitrogen and oxygen atoms in total. The molecule has 1 saturated heterocycles. The van der Waals surface area contributed by atoms with Crippen LogP contribution in [0, 0.1) is 0 Å². The smallest absolute Gasteiger partial charge is 0.345 e. The number of aromatic nitrogens is 4. The molecule has 1 aromatic carbocycles. The van der Waals surface area contributed by atoms with Gasteiger partial charge in [-0.25, -0.2) is 9.48 Å². The molecule has 2 aliphatic rings. The van der Waals surface area contributed by atoms with Crippen LogP contribution < -0.4 is 10.6 Å². The van der Waals surface area contributed by atoms with Gasteiger partial charge in [-0.2, -0.15) is 10.1 Å². The Kier molecular flexibility index (Phi) is 3.23. The maximum atomic E-state index is 12.3. The molecule has 25 heavy (non-hydrogen) atoms. The minimum absolute atomic E-state index is 0.0267. The summed E-state index contributed by atoms with van der Waals surface area (Å²) in [5.74, 6) is 1.29. The van der Waals surface area contributed by atoms with Gasteiger partial charge in [0.15, 0.2) is 5.58 Å². The summed E-state index contributed by atoms with van der Waals surface area (Å²) < 4.78 is 9.30. The summed E-state index contributed by atoms with van der Waals surface area (Å²) in [6.45, 7) is 1.74. The van der Waals surface area contributed by atoms with Crippen LogP contribution in [0.25, 0.3) is 11.1 Å². The van der Waals surface area contributed by atoms with Crippen LogP contribution in [0.2, 0.25) is 0 Å². The van der Waals surface area contributed by atoms with E-state index >= 15 is 0 Å². The van der Waals surface area contributed by atoms with Gasteiger partial charge in [-0.1, -0.05) is 12.1 Å². The lowest BCUT2D eigenvalue weighted by molar-refractivity contribution is 0.439. The van der Waals surface area contributed by atoms with E-state index < -0.39 is 0 Å². The van der Waals surface area contributed by atoms with E-state index in [0.29, 0.717) is 18.0 Å². The van der Waals surface area contributed by atoms with Gasteiger partial charge in [0.25, 0.3) is 6.01 Å². The molecular weight excluding hydrogens is 318 g/mol. The summed E-state index contributed by atoms with van der Waals surface area (Å²) in [5.41, 5.74) is 1.75. The molecule has 2 fully saturated rings. The lowest BCUT2D eigenvalue weighted by Crippen LogP contribution is -2.34. The summed E-state index contributed by atoms with van der Waals surface area (Å²) in [4.78, 5) is 19.1. The fourth-order valence-electron chi connectivity index (χ4n) is 3.78. The SMILES string of the molecule is Cn1nc(C2CCN(c3nc4ccccc4o3)CC2)n(C2CC2)c1=O. The third-order valence-corrected chi connectivity index (χ3v) is 5.31. The number of nitrogens with zero attached hydrogens (tertiary/aromatic N) is 5. The third kappa shape index (κ3) is 2.45. The lowest BCUT2D eigenvalue weighted by atomic mass is 9.96. The van der Waals surface area contributed by atoms with Crippen molar-refractivity contribution in [2.24, 2.45) is 7.05 Å². The normalized spacial score (nSPS) is 19.0. The lowest BCUT2D eigenvalue weighted by Gasteiger charge is -2.30. The summed E-state index contributed by atoms with van der Waals surface area (Å²) in [6, 6.07) is 8.91. The van der Waals surface area contributed by atoms with Gasteiger partial charge in [0.2, 0.25) is 0 Å². The van der Waals surface area contributed by atoms with E-state index in [1.54, 1.807) is 7.05 Å². The maximum absolute atomic E-state index is 12.3. The van der Waals surface area contributed by atoms with Crippen molar-refractivity contribution in [2.45, 2.75) is 37.6 Å². The highest BCUT2D eigenvalue weighted by molar-refractivity contribution is 5.74. The first-order chi connectivity index (χ1) is 12.2. The van der Waals surface area contributed by atoms with Crippen LogP contribution in [-0.4, -0.2) is 32.4 Å². The summed E-state index contributed by atoms with van der Waals surface area (Å²) in [5, 5.41) is 4.54. The van der Waals surface area contributed by atoms with E-state index in [2.05, 4.69) is 15.0 Å². The van der Waals surface area contributed by atoms with E-state index in [1.165, 1.54) is 4.68 Å². The number of fused-ring (bicyclic) bond motifs is 1. The van der Waals surface area contributed by atoms with Crippen molar-refractivity contribution in [1.82, 2.24) is 19.3 Å². The zero-order valence-corrected chi connectivity index (χ0v) is 14.3. The quantitative estimate of drug-likeness (QED) is 0.733. The Labute approximate surface area is 144 Å². The molecule has 0 bridgehead atoms. The van der Waals surface area contributed by atoms with Crippen LogP contribution >= 0.6 is 0 Å². The molecule has 0 N–H and O–H groups in total. The van der Waals surface area contributed by atoms with Gasteiger partial charge in [-0.05, 0) is 37.8 Å². The largest absolute Gasteiger partial charge is 0.423 e. The Morgan fingerprint density at radius 1 is 1.12 bits per heavy atom. The molecule has 0 amide bonds. The molecule has 5 rings (SSSR count). The number of rotatable bonds is 3. The van der Waals surface area contributed by atoms with E-state index in [4.69, 9.17) is 4.42 Å². The summed E-state index contributed by atoms with van der Waals surface area (Å²) >= 11 is 0. The molecular formula is C18H21N5O2. The monoisotopic (exact) mass is 339 g/mol. The third-order valence-electron chi connectivity index (χ3n) is 5.31. The van der Waals surface area contributed by atoms with E-state index in [0.717, 1.165) is 55.7 Å². The van der Waals surface area contributed by atoms with Crippen LogP contribution in [0.1, 0.15) is 43.5 Å². The summed E-state index contributed by atoms with van der Waals surface area (Å²) in [7, 11) is 1.75. The number of hydrogen-bond acceptors (Lipinski definition) is 5. The highest BCUT2D eigenvalue weighted by Gasteiger charge is 2.34. The van der Waals surface area contributed by atoms with Crippen molar-refractivity contribution in [3.05, 3.63) is 40.6 Å². The van der Waals surface area contributed by atoms with Gasteiger partial charge in [0, 0.05) is 32.1 Å². The summed E-state index contributed by atoms with van der Waals surface area (Å²) in [6.07, 6.45) is 4.12. The van der Waals surface area contributed by atoms with Crippen LogP contribution in [0.3, 0.4) is 0 Å². The topological polar surface area (TPSA) is 69.1 Å². The Hall–Kier alpha value is -2.57. The Bertz CT molecular complexity index is 940. The van der Waals surface area contributed by atoms with Gasteiger partial charge < -0.3 is 9.32 Å². The second-order valence-corrected chi connectivity index (χ2v) is 7.09. The van der Waals surface area contributed by atoms with Crippen molar-refractivity contribution in [1.29, 1.82) is 0 Å². The molecule has 1 saturated carbocycles. The molecule has 0 unspecified atom stereocenters. The second kappa shape index (κ2) is 5.47. The highest BCUT2D eigenvalue weighted by Crippen LogP contribution is 2.38. The fourth-order valence-corrected chi connectivity index (χ4v) is 3.78. The first kappa shape index (κ1) is 14.7. The Balaban J connectivity index is 1.36. The van der Waals surface area contributed by atoms with Crippen LogP contribution in [0.5, 0.6) is 0 Å². The number of para-hydroxylation sites is 2. The predicted octanol–water partition coefficient (Wildman–Crippen LogP) is 2.44. The molecule has 3 aromatic rings. The molecule has 0 atom stereocenters. The minimum Gasteiger partial charge on any atom is -0.423 e. The van der Waals surface area contributed by atoms with Crippen molar-refractivity contribution in [3.8, 4) is 0 Å². The van der Waals surface area contributed by atoms with Gasteiger partial charge in [0.05, 0.1) is 0 Å². The Morgan fingerprint density at radius 2 is 1.88 bits per heavy atom. The number of hydrogen-bond donors (Lipinski definition) is 0. The van der Waals surface area contributed by atoms with Crippen LogP contribution in [-0.2, 0) is 7.05 Å². The van der Waals surface area contributed by atoms with E-state index in [-0.39, 0.29) is 5.69 Å². The van der Waals surface area contributed by atoms with E-state index in [1.807, 2.05) is 28.8 Å². The Morgan fingerprint density at radius 3 is 2.60 bits per heavy atom. The average molecular weight is 339 g/mol. The number of oxazole rings is 1. The van der Waals surface area contributed by atoms with E-state index in [9.17, 15) is 4.79 Å². The molecule has 130 valence electrons. The molecule has 0 radical (unpaired) electrons. The number of benzene rings is 1. The van der Waals surface area contributed by atoms with Crippen LogP contribution in [0.15, 0.2) is 33.5 Å². The molecule has 1 aliphatic heterocycles. The number of aryl methyl sites for hydroxylation is 1. The predicted molar refractivity (Wildman–Crippen MR) is 93.9 cm³/mol. The first-order valence-electron chi connectivity index (χ1n) is 8.96. The fraction of sp³-hybridized carbons (Fsp3) is 0.500. The van der Waals surface area contributed by atoms with Gasteiger partial charge in [-0.3, -0.25) is 4.57 Å². The van der Waals surface area contributed by atoms with Gasteiger partial charge in [-0.15, -0.1) is 0 Å². The molecule has 7 heteroatoms. The van der Waals surface area contributed by atoms with Crippen molar-refractivity contribution in [2.75, 3.05) is 18.0 Å². The highest BCUT2D eigenvalue weighted by atomic mass is 16.4. The standard InChI is InChI=1S/C18H21N5O2/c1-21-18(24)23(13-6-7-13)16(20-21)12-8-10-22(11-9-12)17-19-14-4-2-3-5-15(14)25-17/h2-5,12-13H,6-11H2,1H3. The van der Waals surface area contributed by atoms with Crippen molar-refractivity contribution >= 4 is 17.1 Å².